The van der Waals surface area contributed by atoms with Crippen LogP contribution in [0.2, 0.25) is 0 Å². The maximum absolute atomic E-state index is 11.2. The van der Waals surface area contributed by atoms with E-state index in [-0.39, 0.29) is 5.78 Å². The zero-order valence-electron chi connectivity index (χ0n) is 9.73. The molecule has 0 unspecified atom stereocenters. The van der Waals surface area contributed by atoms with Crippen LogP contribution in [0, 0.1) is 0 Å². The second-order valence-electron chi connectivity index (χ2n) is 3.52. The highest BCUT2D eigenvalue weighted by Gasteiger charge is 1.98. The molecule has 0 spiro atoms. The Kier molecular flexibility index (Phi) is 4.46. The number of hydrogen-bond donors (Lipinski definition) is 0. The first-order valence-electron chi connectivity index (χ1n) is 5.25. The minimum Gasteiger partial charge on any atom is -0.295 e. The van der Waals surface area contributed by atoms with Gasteiger partial charge in [0, 0.05) is 5.57 Å². The quantitative estimate of drug-likeness (QED) is 0.548. The Labute approximate surface area is 96.8 Å². The summed E-state index contributed by atoms with van der Waals surface area (Å²) in [6.07, 6.45) is 5.47. The van der Waals surface area contributed by atoms with Crippen LogP contribution in [0.15, 0.2) is 60.7 Å². The van der Waals surface area contributed by atoms with E-state index in [2.05, 4.69) is 6.58 Å². The molecule has 0 aromatic heterocycles. The summed E-state index contributed by atoms with van der Waals surface area (Å²) >= 11 is 0. The van der Waals surface area contributed by atoms with E-state index >= 15 is 0 Å². The van der Waals surface area contributed by atoms with Crippen LogP contribution in [0.4, 0.5) is 0 Å². The Morgan fingerprint density at radius 3 is 2.31 bits per heavy atom. The molecule has 1 heteroatoms. The van der Waals surface area contributed by atoms with Gasteiger partial charge in [-0.2, -0.15) is 0 Å². The maximum atomic E-state index is 11.2. The van der Waals surface area contributed by atoms with Gasteiger partial charge >= 0.3 is 0 Å². The molecule has 0 saturated heterocycles. The van der Waals surface area contributed by atoms with Gasteiger partial charge in [0.05, 0.1) is 0 Å². The lowest BCUT2D eigenvalue weighted by Crippen LogP contribution is -1.92. The number of rotatable bonds is 4. The smallest absolute Gasteiger partial charge is 0.159 e. The molecule has 0 bridgehead atoms. The van der Waals surface area contributed by atoms with Crippen LogP contribution in [0.1, 0.15) is 19.4 Å². The summed E-state index contributed by atoms with van der Waals surface area (Å²) < 4.78 is 0. The molecule has 0 fully saturated rings. The first-order chi connectivity index (χ1) is 7.65. The van der Waals surface area contributed by atoms with E-state index in [1.165, 1.54) is 0 Å². The molecular weight excluding hydrogens is 196 g/mol. The third-order valence-corrected chi connectivity index (χ3v) is 2.33. The van der Waals surface area contributed by atoms with Gasteiger partial charge in [0.2, 0.25) is 0 Å². The standard InChI is InChI=1S/C15H16O/c1-4-14(13(3)16)11-10-12(2)15-8-6-5-7-9-15/h4-11H,2H2,1,3H3/b11-10-,14-4+. The van der Waals surface area contributed by atoms with Gasteiger partial charge in [-0.3, -0.25) is 4.79 Å². The molecule has 0 atom stereocenters. The minimum absolute atomic E-state index is 0.0691. The molecule has 1 rings (SSSR count). The zero-order chi connectivity index (χ0) is 12.0. The van der Waals surface area contributed by atoms with E-state index in [1.54, 1.807) is 19.1 Å². The lowest BCUT2D eigenvalue weighted by atomic mass is 10.1. The molecule has 1 nitrogen and oxygen atoms in total. The summed E-state index contributed by atoms with van der Waals surface area (Å²) in [6.45, 7) is 7.38. The number of carbonyl (C=O) groups is 1. The second-order valence-corrected chi connectivity index (χ2v) is 3.52. The average molecular weight is 212 g/mol. The molecular formula is C15H16O. The number of allylic oxidation sites excluding steroid dienone is 5. The molecule has 0 aliphatic heterocycles. The molecule has 0 aliphatic rings. The van der Waals surface area contributed by atoms with Crippen molar-refractivity contribution in [3.05, 3.63) is 66.3 Å². The Morgan fingerprint density at radius 2 is 1.81 bits per heavy atom. The summed E-state index contributed by atoms with van der Waals surface area (Å²) in [6, 6.07) is 9.89. The van der Waals surface area contributed by atoms with E-state index in [9.17, 15) is 4.79 Å². The van der Waals surface area contributed by atoms with Crippen molar-refractivity contribution >= 4 is 11.4 Å². The number of ketones is 1. The molecule has 1 aromatic carbocycles. The van der Waals surface area contributed by atoms with Crippen molar-refractivity contribution in [1.29, 1.82) is 0 Å². The number of carbonyl (C=O) groups excluding carboxylic acids is 1. The Hall–Kier alpha value is -1.89. The number of hydrogen-bond acceptors (Lipinski definition) is 1. The highest BCUT2D eigenvalue weighted by atomic mass is 16.1. The molecule has 0 radical (unpaired) electrons. The fraction of sp³-hybridized carbons (Fsp3) is 0.133. The van der Waals surface area contributed by atoms with Crippen molar-refractivity contribution < 1.29 is 4.79 Å². The summed E-state index contributed by atoms with van der Waals surface area (Å²) in [5, 5.41) is 0. The molecule has 0 N–H and O–H groups in total. The van der Waals surface area contributed by atoms with Crippen molar-refractivity contribution in [1.82, 2.24) is 0 Å². The molecule has 0 saturated carbocycles. The monoisotopic (exact) mass is 212 g/mol. The van der Waals surface area contributed by atoms with Gasteiger partial charge in [-0.15, -0.1) is 0 Å². The van der Waals surface area contributed by atoms with Gasteiger partial charge in [0.15, 0.2) is 5.78 Å². The van der Waals surface area contributed by atoms with Crippen LogP contribution in [0.25, 0.3) is 5.57 Å². The topological polar surface area (TPSA) is 17.1 Å². The summed E-state index contributed by atoms with van der Waals surface area (Å²) in [5.74, 6) is 0.0691. The Bertz CT molecular complexity index is 436. The highest BCUT2D eigenvalue weighted by Crippen LogP contribution is 2.14. The first-order valence-corrected chi connectivity index (χ1v) is 5.25. The van der Waals surface area contributed by atoms with Crippen molar-refractivity contribution in [2.24, 2.45) is 0 Å². The Morgan fingerprint density at radius 1 is 1.19 bits per heavy atom. The molecule has 0 aliphatic carbocycles. The third-order valence-electron chi connectivity index (χ3n) is 2.33. The van der Waals surface area contributed by atoms with Crippen molar-refractivity contribution in [3.8, 4) is 0 Å². The lowest BCUT2D eigenvalue weighted by Gasteiger charge is -1.99. The number of Topliss-reactive ketones (excluding diaryl/α,β-unsaturated/α-hetero) is 1. The van der Waals surface area contributed by atoms with Crippen LogP contribution in [0.5, 0.6) is 0 Å². The van der Waals surface area contributed by atoms with Crippen LogP contribution in [-0.4, -0.2) is 5.78 Å². The van der Waals surface area contributed by atoms with Crippen LogP contribution in [-0.2, 0) is 4.79 Å². The van der Waals surface area contributed by atoms with E-state index in [0.29, 0.717) is 5.57 Å². The molecule has 0 amide bonds. The predicted molar refractivity (Wildman–Crippen MR) is 69.1 cm³/mol. The first kappa shape index (κ1) is 12.2. The van der Waals surface area contributed by atoms with E-state index in [0.717, 1.165) is 11.1 Å². The second kappa shape index (κ2) is 5.86. The molecule has 16 heavy (non-hydrogen) atoms. The van der Waals surface area contributed by atoms with Crippen LogP contribution in [0.3, 0.4) is 0 Å². The molecule has 1 aromatic rings. The van der Waals surface area contributed by atoms with Gasteiger partial charge in [-0.25, -0.2) is 0 Å². The number of benzene rings is 1. The van der Waals surface area contributed by atoms with E-state index in [4.69, 9.17) is 0 Å². The van der Waals surface area contributed by atoms with Gasteiger partial charge < -0.3 is 0 Å². The third kappa shape index (κ3) is 3.35. The van der Waals surface area contributed by atoms with Crippen LogP contribution < -0.4 is 0 Å². The largest absolute Gasteiger partial charge is 0.295 e. The zero-order valence-corrected chi connectivity index (χ0v) is 9.73. The van der Waals surface area contributed by atoms with Gasteiger partial charge in [0.1, 0.15) is 0 Å². The minimum atomic E-state index is 0.0691. The Balaban J connectivity index is 2.80. The van der Waals surface area contributed by atoms with Crippen LogP contribution >= 0.6 is 0 Å². The van der Waals surface area contributed by atoms with Gasteiger partial charge in [0.25, 0.3) is 0 Å². The molecule has 82 valence electrons. The van der Waals surface area contributed by atoms with Crippen molar-refractivity contribution in [2.45, 2.75) is 13.8 Å². The van der Waals surface area contributed by atoms with Crippen molar-refractivity contribution in [3.63, 3.8) is 0 Å². The SMILES string of the molecule is C=C(/C=C\C(=C/C)C(C)=O)c1ccccc1. The summed E-state index contributed by atoms with van der Waals surface area (Å²) in [7, 11) is 0. The average Bonchev–Trinajstić information content (AvgIpc) is 2.30. The predicted octanol–water partition coefficient (Wildman–Crippen LogP) is 3.79. The van der Waals surface area contributed by atoms with Gasteiger partial charge in [-0.1, -0.05) is 55.1 Å². The van der Waals surface area contributed by atoms with Gasteiger partial charge in [-0.05, 0) is 25.0 Å². The molecule has 0 heterocycles. The van der Waals surface area contributed by atoms with E-state index in [1.807, 2.05) is 43.3 Å². The fourth-order valence-electron chi connectivity index (χ4n) is 1.36. The maximum Gasteiger partial charge on any atom is 0.159 e. The van der Waals surface area contributed by atoms with E-state index < -0.39 is 0 Å². The summed E-state index contributed by atoms with van der Waals surface area (Å²) in [5.41, 5.74) is 2.68. The highest BCUT2D eigenvalue weighted by molar-refractivity contribution is 5.96. The van der Waals surface area contributed by atoms with Crippen molar-refractivity contribution in [2.75, 3.05) is 0 Å². The fourth-order valence-corrected chi connectivity index (χ4v) is 1.36. The normalized spacial score (nSPS) is 11.8. The lowest BCUT2D eigenvalue weighted by molar-refractivity contribution is -0.113. The summed E-state index contributed by atoms with van der Waals surface area (Å²) in [4.78, 5) is 11.2.